The van der Waals surface area contributed by atoms with Gasteiger partial charge in [-0.3, -0.25) is 4.57 Å². The maximum atomic E-state index is 13.7. The lowest BCUT2D eigenvalue weighted by atomic mass is 10.2. The zero-order valence-corrected chi connectivity index (χ0v) is 17.7. The number of hydrogen-bond acceptors (Lipinski definition) is 5. The van der Waals surface area contributed by atoms with Gasteiger partial charge in [-0.2, -0.15) is 0 Å². The third kappa shape index (κ3) is 4.25. The fourth-order valence-electron chi connectivity index (χ4n) is 2.94. The van der Waals surface area contributed by atoms with Crippen molar-refractivity contribution in [1.29, 1.82) is 0 Å². The summed E-state index contributed by atoms with van der Waals surface area (Å²) in [5, 5.41) is 3.74. The molecule has 0 aliphatic carbocycles. The van der Waals surface area contributed by atoms with Gasteiger partial charge in [-0.05, 0) is 36.1 Å². The first-order valence-electron chi connectivity index (χ1n) is 8.72. The highest BCUT2D eigenvalue weighted by molar-refractivity contribution is 9.10. The van der Waals surface area contributed by atoms with Crippen molar-refractivity contribution in [2.75, 3.05) is 11.6 Å². The van der Waals surface area contributed by atoms with Crippen molar-refractivity contribution in [3.05, 3.63) is 70.5 Å². The quantitative estimate of drug-likeness (QED) is 0.280. The minimum absolute atomic E-state index is 0.337. The van der Waals surface area contributed by atoms with Crippen LogP contribution in [0.1, 0.15) is 17.8 Å². The van der Waals surface area contributed by atoms with E-state index in [0.29, 0.717) is 34.4 Å². The van der Waals surface area contributed by atoms with Crippen LogP contribution in [0.5, 0.6) is 0 Å². The smallest absolute Gasteiger partial charge is 0.296 e. The largest absolute Gasteiger partial charge is 0.366 e. The second kappa shape index (κ2) is 8.46. The molecule has 0 atom stereocenters. The second-order valence-corrected chi connectivity index (χ2v) is 7.86. The van der Waals surface area contributed by atoms with Crippen LogP contribution in [0.3, 0.4) is 0 Å². The molecule has 0 bridgehead atoms. The molecular weight excluding hydrogens is 460 g/mol. The van der Waals surface area contributed by atoms with Gasteiger partial charge in [-0.1, -0.05) is 52.0 Å². The summed E-state index contributed by atoms with van der Waals surface area (Å²) in [6.45, 7) is 0.546. The average molecular weight is 476 g/mol. The third-order valence-corrected chi connectivity index (χ3v) is 5.35. The first-order chi connectivity index (χ1) is 14.0. The summed E-state index contributed by atoms with van der Waals surface area (Å²) in [7, 11) is 0. The van der Waals surface area contributed by atoms with Gasteiger partial charge in [0.15, 0.2) is 11.0 Å². The molecule has 0 unspecified atom stereocenters. The summed E-state index contributed by atoms with van der Waals surface area (Å²) in [4.78, 5) is 13.0. The van der Waals surface area contributed by atoms with Gasteiger partial charge in [0.05, 0.1) is 11.0 Å². The number of para-hydroxylation sites is 2. The number of nitrogens with zero attached hydrogens (tertiary/aromatic N) is 4. The first-order valence-corrected chi connectivity index (χ1v) is 10.7. The molecule has 29 heavy (non-hydrogen) atoms. The van der Waals surface area contributed by atoms with Gasteiger partial charge < -0.3 is 5.32 Å². The van der Waals surface area contributed by atoms with Gasteiger partial charge in [0.2, 0.25) is 0 Å². The summed E-state index contributed by atoms with van der Waals surface area (Å²) >= 11 is 4.76. The van der Waals surface area contributed by atoms with Crippen molar-refractivity contribution in [3.63, 3.8) is 0 Å². The lowest BCUT2D eigenvalue weighted by Crippen LogP contribution is -2.08. The number of anilines is 1. The number of alkyl halides is 2. The van der Waals surface area contributed by atoms with Crippen molar-refractivity contribution in [2.24, 2.45) is 0 Å². The number of thioether (sulfide) groups is 1. The highest BCUT2D eigenvalue weighted by atomic mass is 79.9. The molecule has 4 aromatic rings. The van der Waals surface area contributed by atoms with Gasteiger partial charge in [-0.15, -0.1) is 0 Å². The minimum atomic E-state index is -2.73. The van der Waals surface area contributed by atoms with Crippen LogP contribution in [0.25, 0.3) is 16.9 Å². The standard InChI is InChI=1S/C20H16BrF2N5S/c1-29-20-26-16(24-11-12-6-8-13(21)9-7-12)10-17(27-20)28-15-5-3-2-4-14(15)25-19(28)18(22)23/h2-10,18H,11H2,1H3,(H,24,26,27). The Morgan fingerprint density at radius 1 is 1.07 bits per heavy atom. The number of benzene rings is 2. The molecule has 5 nitrogen and oxygen atoms in total. The summed E-state index contributed by atoms with van der Waals surface area (Å²) in [6.07, 6.45) is -0.883. The Hall–Kier alpha value is -2.52. The zero-order chi connectivity index (χ0) is 20.4. The van der Waals surface area contributed by atoms with Crippen molar-refractivity contribution >= 4 is 44.5 Å². The lowest BCUT2D eigenvalue weighted by molar-refractivity contribution is 0.139. The fraction of sp³-hybridized carbons (Fsp3) is 0.150. The molecule has 0 fully saturated rings. The molecule has 9 heteroatoms. The SMILES string of the molecule is CSc1nc(NCc2ccc(Br)cc2)cc(-n2c(C(F)F)nc3ccccc32)n1. The molecule has 2 aromatic heterocycles. The van der Waals surface area contributed by atoms with Crippen molar-refractivity contribution in [2.45, 2.75) is 18.1 Å². The number of nitrogens with one attached hydrogen (secondary N) is 1. The molecule has 148 valence electrons. The van der Waals surface area contributed by atoms with E-state index in [2.05, 4.69) is 36.2 Å². The van der Waals surface area contributed by atoms with Crippen LogP contribution in [-0.2, 0) is 6.54 Å². The van der Waals surface area contributed by atoms with Crippen molar-refractivity contribution in [3.8, 4) is 5.82 Å². The predicted octanol–water partition coefficient (Wildman–Crippen LogP) is 5.85. The minimum Gasteiger partial charge on any atom is -0.366 e. The van der Waals surface area contributed by atoms with E-state index in [4.69, 9.17) is 0 Å². The summed E-state index contributed by atoms with van der Waals surface area (Å²) in [5.74, 6) is 0.572. The van der Waals surface area contributed by atoms with E-state index in [1.807, 2.05) is 30.5 Å². The number of hydrogen-bond donors (Lipinski definition) is 1. The highest BCUT2D eigenvalue weighted by Crippen LogP contribution is 2.28. The number of rotatable bonds is 6. The molecule has 2 aromatic carbocycles. The zero-order valence-electron chi connectivity index (χ0n) is 15.3. The van der Waals surface area contributed by atoms with E-state index < -0.39 is 6.43 Å². The Kier molecular flexibility index (Phi) is 5.77. The summed E-state index contributed by atoms with van der Waals surface area (Å²) in [6, 6.07) is 16.6. The molecule has 0 saturated carbocycles. The Bertz CT molecular complexity index is 1150. The fourth-order valence-corrected chi connectivity index (χ4v) is 3.57. The number of aromatic nitrogens is 4. The van der Waals surface area contributed by atoms with Crippen LogP contribution in [0.4, 0.5) is 14.6 Å². The topological polar surface area (TPSA) is 55.6 Å². The van der Waals surface area contributed by atoms with E-state index in [1.165, 1.54) is 16.3 Å². The molecule has 0 aliphatic rings. The van der Waals surface area contributed by atoms with Gasteiger partial charge in [0.1, 0.15) is 11.6 Å². The van der Waals surface area contributed by atoms with Crippen LogP contribution < -0.4 is 5.32 Å². The molecule has 0 saturated heterocycles. The molecule has 0 radical (unpaired) electrons. The number of halogens is 3. The van der Waals surface area contributed by atoms with Crippen LogP contribution >= 0.6 is 27.7 Å². The van der Waals surface area contributed by atoms with Crippen LogP contribution in [0, 0.1) is 0 Å². The molecule has 4 rings (SSSR count). The van der Waals surface area contributed by atoms with E-state index >= 15 is 0 Å². The van der Waals surface area contributed by atoms with Gasteiger partial charge in [-0.25, -0.2) is 23.7 Å². The number of fused-ring (bicyclic) bond motifs is 1. The second-order valence-electron chi connectivity index (χ2n) is 6.17. The summed E-state index contributed by atoms with van der Waals surface area (Å²) < 4.78 is 29.8. The van der Waals surface area contributed by atoms with E-state index in [9.17, 15) is 8.78 Å². The van der Waals surface area contributed by atoms with E-state index in [1.54, 1.807) is 30.3 Å². The first kappa shape index (κ1) is 19.8. The van der Waals surface area contributed by atoms with E-state index in [0.717, 1.165) is 10.0 Å². The molecule has 2 heterocycles. The molecule has 0 spiro atoms. The van der Waals surface area contributed by atoms with Crippen LogP contribution in [-0.4, -0.2) is 25.8 Å². The third-order valence-electron chi connectivity index (χ3n) is 4.27. The van der Waals surface area contributed by atoms with E-state index in [-0.39, 0.29) is 5.82 Å². The van der Waals surface area contributed by atoms with Gasteiger partial charge >= 0.3 is 0 Å². The molecule has 0 aliphatic heterocycles. The predicted molar refractivity (Wildman–Crippen MR) is 115 cm³/mol. The Morgan fingerprint density at radius 2 is 1.83 bits per heavy atom. The number of imidazole rings is 1. The Balaban J connectivity index is 1.75. The summed E-state index contributed by atoms with van der Waals surface area (Å²) in [5.41, 5.74) is 2.14. The lowest BCUT2D eigenvalue weighted by Gasteiger charge is -2.12. The molecular formula is C20H16BrF2N5S. The average Bonchev–Trinajstić information content (AvgIpc) is 3.13. The van der Waals surface area contributed by atoms with Gasteiger partial charge in [0.25, 0.3) is 6.43 Å². The van der Waals surface area contributed by atoms with Crippen molar-refractivity contribution < 1.29 is 8.78 Å². The molecule has 1 N–H and O–H groups in total. The maximum Gasteiger partial charge on any atom is 0.296 e. The van der Waals surface area contributed by atoms with Crippen LogP contribution in [0.15, 0.2) is 64.2 Å². The van der Waals surface area contributed by atoms with Crippen LogP contribution in [0.2, 0.25) is 0 Å². The van der Waals surface area contributed by atoms with Crippen molar-refractivity contribution in [1.82, 2.24) is 19.5 Å². The highest BCUT2D eigenvalue weighted by Gasteiger charge is 2.21. The Morgan fingerprint density at radius 3 is 2.55 bits per heavy atom. The van der Waals surface area contributed by atoms with Gasteiger partial charge in [0, 0.05) is 17.1 Å². The molecule has 0 amide bonds. The monoisotopic (exact) mass is 475 g/mol. The maximum absolute atomic E-state index is 13.7. The normalized spacial score (nSPS) is 11.3. The Labute approximate surface area is 178 Å².